The number of nitrogens with one attached hydrogen (secondary N) is 2. The Balaban J connectivity index is 2.01. The number of nitrogens with zero attached hydrogens (tertiary/aromatic N) is 2. The van der Waals surface area contributed by atoms with Gasteiger partial charge in [-0.2, -0.15) is 10.2 Å². The van der Waals surface area contributed by atoms with Crippen LogP contribution in [-0.4, -0.2) is 32.5 Å². The summed E-state index contributed by atoms with van der Waals surface area (Å²) in [6.07, 6.45) is 2.72. The van der Waals surface area contributed by atoms with Crippen molar-refractivity contribution in [3.8, 4) is 11.5 Å². The summed E-state index contributed by atoms with van der Waals surface area (Å²) in [5, 5.41) is 28.3. The molecule has 0 radical (unpaired) electrons. The molecule has 0 saturated heterocycles. The molecule has 0 spiro atoms. The van der Waals surface area contributed by atoms with Crippen LogP contribution in [0.25, 0.3) is 0 Å². The normalized spacial score (nSPS) is 10.7. The predicted octanol–water partition coefficient (Wildman–Crippen LogP) is 0.585. The van der Waals surface area contributed by atoms with Gasteiger partial charge in [0.25, 0.3) is 5.91 Å². The molecule has 1 amide bonds. The van der Waals surface area contributed by atoms with Crippen molar-refractivity contribution in [1.82, 2.24) is 15.6 Å². The van der Waals surface area contributed by atoms with Gasteiger partial charge in [-0.05, 0) is 18.2 Å². The number of phenols is 2. The van der Waals surface area contributed by atoms with Crippen molar-refractivity contribution in [2.24, 2.45) is 5.10 Å². The highest BCUT2D eigenvalue weighted by Crippen LogP contribution is 2.20. The number of aromatic amines is 1. The molecule has 0 unspecified atom stereocenters. The van der Waals surface area contributed by atoms with Gasteiger partial charge in [-0.1, -0.05) is 0 Å². The van der Waals surface area contributed by atoms with E-state index in [-0.39, 0.29) is 17.2 Å². The minimum absolute atomic E-state index is 0.0499. The van der Waals surface area contributed by atoms with Gasteiger partial charge in [0.05, 0.1) is 6.21 Å². The summed E-state index contributed by atoms with van der Waals surface area (Å²) >= 11 is 0. The Morgan fingerprint density at radius 3 is 2.89 bits per heavy atom. The highest BCUT2D eigenvalue weighted by Gasteiger charge is 2.04. The van der Waals surface area contributed by atoms with Crippen molar-refractivity contribution >= 4 is 12.1 Å². The van der Waals surface area contributed by atoms with E-state index in [9.17, 15) is 9.90 Å². The smallest absolute Gasteiger partial charge is 0.289 e. The first-order valence-corrected chi connectivity index (χ1v) is 5.01. The fourth-order valence-corrected chi connectivity index (χ4v) is 1.24. The average Bonchev–Trinajstić information content (AvgIpc) is 2.85. The molecule has 2 rings (SSSR count). The van der Waals surface area contributed by atoms with Crippen LogP contribution < -0.4 is 5.43 Å². The monoisotopic (exact) mass is 246 g/mol. The van der Waals surface area contributed by atoms with E-state index in [0.717, 1.165) is 0 Å². The van der Waals surface area contributed by atoms with E-state index in [1.54, 1.807) is 0 Å². The molecule has 0 fully saturated rings. The van der Waals surface area contributed by atoms with E-state index < -0.39 is 5.91 Å². The number of rotatable bonds is 3. The van der Waals surface area contributed by atoms with Gasteiger partial charge in [0, 0.05) is 17.8 Å². The summed E-state index contributed by atoms with van der Waals surface area (Å²) in [5.74, 6) is -0.622. The van der Waals surface area contributed by atoms with E-state index in [2.05, 4.69) is 20.7 Å². The lowest BCUT2D eigenvalue weighted by atomic mass is 10.2. The summed E-state index contributed by atoms with van der Waals surface area (Å²) in [5.41, 5.74) is 2.91. The largest absolute Gasteiger partial charge is 0.508 e. The topological polar surface area (TPSA) is 111 Å². The van der Waals surface area contributed by atoms with Crippen LogP contribution in [0, 0.1) is 0 Å². The SMILES string of the molecule is O=C(N/N=C/c1ccc(O)cc1O)c1ccn[nH]1. The van der Waals surface area contributed by atoms with Gasteiger partial charge < -0.3 is 10.2 Å². The first-order chi connectivity index (χ1) is 8.66. The van der Waals surface area contributed by atoms with Crippen LogP contribution in [0.1, 0.15) is 16.1 Å². The molecule has 92 valence electrons. The van der Waals surface area contributed by atoms with Crippen LogP contribution in [0.5, 0.6) is 11.5 Å². The molecular formula is C11H10N4O3. The van der Waals surface area contributed by atoms with Gasteiger partial charge in [0.15, 0.2) is 0 Å². The Kier molecular flexibility index (Phi) is 3.24. The first-order valence-electron chi connectivity index (χ1n) is 5.01. The molecule has 1 aromatic carbocycles. The Hall–Kier alpha value is -2.83. The highest BCUT2D eigenvalue weighted by molar-refractivity contribution is 5.93. The molecule has 0 bridgehead atoms. The van der Waals surface area contributed by atoms with Crippen molar-refractivity contribution in [2.45, 2.75) is 0 Å². The summed E-state index contributed by atoms with van der Waals surface area (Å²) < 4.78 is 0. The molecule has 7 nitrogen and oxygen atoms in total. The summed E-state index contributed by atoms with van der Waals surface area (Å²) in [6.45, 7) is 0. The van der Waals surface area contributed by atoms with Crippen LogP contribution in [0.4, 0.5) is 0 Å². The van der Waals surface area contributed by atoms with E-state index in [4.69, 9.17) is 5.11 Å². The fraction of sp³-hybridized carbons (Fsp3) is 0. The maximum atomic E-state index is 11.4. The molecule has 18 heavy (non-hydrogen) atoms. The molecular weight excluding hydrogens is 236 g/mol. The second kappa shape index (κ2) is 5.00. The summed E-state index contributed by atoms with van der Waals surface area (Å²) in [4.78, 5) is 11.4. The van der Waals surface area contributed by atoms with Crippen LogP contribution >= 0.6 is 0 Å². The number of hydrazone groups is 1. The Bertz CT molecular complexity index is 578. The number of hydrogen-bond donors (Lipinski definition) is 4. The predicted molar refractivity (Wildman–Crippen MR) is 63.4 cm³/mol. The number of aromatic nitrogens is 2. The molecule has 0 atom stereocenters. The van der Waals surface area contributed by atoms with Gasteiger partial charge in [-0.25, -0.2) is 5.43 Å². The molecule has 1 heterocycles. The second-order valence-corrected chi connectivity index (χ2v) is 3.41. The highest BCUT2D eigenvalue weighted by atomic mass is 16.3. The van der Waals surface area contributed by atoms with Crippen LogP contribution in [0.3, 0.4) is 0 Å². The van der Waals surface area contributed by atoms with E-state index in [0.29, 0.717) is 5.56 Å². The lowest BCUT2D eigenvalue weighted by Gasteiger charge is -1.99. The van der Waals surface area contributed by atoms with E-state index in [1.807, 2.05) is 0 Å². The number of carbonyl (C=O) groups excluding carboxylic acids is 1. The molecule has 2 aromatic rings. The quantitative estimate of drug-likeness (QED) is 0.469. The Morgan fingerprint density at radius 1 is 1.39 bits per heavy atom. The number of amides is 1. The first kappa shape index (κ1) is 11.6. The van der Waals surface area contributed by atoms with Crippen LogP contribution in [0.15, 0.2) is 35.6 Å². The molecule has 0 aliphatic heterocycles. The van der Waals surface area contributed by atoms with Crippen LogP contribution in [-0.2, 0) is 0 Å². The van der Waals surface area contributed by atoms with Gasteiger partial charge in [-0.3, -0.25) is 9.89 Å². The van der Waals surface area contributed by atoms with Crippen molar-refractivity contribution in [3.63, 3.8) is 0 Å². The van der Waals surface area contributed by atoms with Crippen molar-refractivity contribution in [1.29, 1.82) is 0 Å². The number of hydrogen-bond acceptors (Lipinski definition) is 5. The minimum Gasteiger partial charge on any atom is -0.508 e. The average molecular weight is 246 g/mol. The zero-order valence-corrected chi connectivity index (χ0v) is 9.16. The number of H-pyrrole nitrogens is 1. The number of aromatic hydroxyl groups is 2. The summed E-state index contributed by atoms with van der Waals surface area (Å²) in [7, 11) is 0. The van der Waals surface area contributed by atoms with E-state index in [1.165, 1.54) is 36.7 Å². The number of phenolic OH excluding ortho intramolecular Hbond substituents is 2. The number of carbonyl (C=O) groups is 1. The van der Waals surface area contributed by atoms with Gasteiger partial charge in [-0.15, -0.1) is 0 Å². The Labute approximate surface area is 102 Å². The third kappa shape index (κ3) is 2.64. The number of benzene rings is 1. The molecule has 7 heteroatoms. The van der Waals surface area contributed by atoms with Crippen molar-refractivity contribution in [3.05, 3.63) is 41.7 Å². The third-order valence-corrected chi connectivity index (χ3v) is 2.13. The van der Waals surface area contributed by atoms with Crippen molar-refractivity contribution < 1.29 is 15.0 Å². The third-order valence-electron chi connectivity index (χ3n) is 2.13. The van der Waals surface area contributed by atoms with E-state index >= 15 is 0 Å². The van der Waals surface area contributed by atoms with Gasteiger partial charge in [0.2, 0.25) is 0 Å². The molecule has 1 aromatic heterocycles. The Morgan fingerprint density at radius 2 is 2.22 bits per heavy atom. The minimum atomic E-state index is -0.443. The lowest BCUT2D eigenvalue weighted by molar-refractivity contribution is 0.0950. The van der Waals surface area contributed by atoms with Gasteiger partial charge >= 0.3 is 0 Å². The molecule has 4 N–H and O–H groups in total. The second-order valence-electron chi connectivity index (χ2n) is 3.41. The molecule has 0 aliphatic rings. The fourth-order valence-electron chi connectivity index (χ4n) is 1.24. The maximum absolute atomic E-state index is 11.4. The lowest BCUT2D eigenvalue weighted by Crippen LogP contribution is -2.17. The molecule has 0 aliphatic carbocycles. The van der Waals surface area contributed by atoms with Gasteiger partial charge in [0.1, 0.15) is 17.2 Å². The molecule has 0 saturated carbocycles. The summed E-state index contributed by atoms with van der Waals surface area (Å²) in [6, 6.07) is 5.55. The standard InChI is InChI=1S/C11H10N4O3/c16-8-2-1-7(10(17)5-8)6-13-15-11(18)9-3-4-12-14-9/h1-6,16-17H,(H,12,14)(H,15,18)/b13-6+. The van der Waals surface area contributed by atoms with Crippen molar-refractivity contribution in [2.75, 3.05) is 0 Å². The van der Waals surface area contributed by atoms with Crippen LogP contribution in [0.2, 0.25) is 0 Å². The maximum Gasteiger partial charge on any atom is 0.289 e. The zero-order valence-electron chi connectivity index (χ0n) is 9.16. The zero-order chi connectivity index (χ0) is 13.0.